The van der Waals surface area contributed by atoms with Crippen molar-refractivity contribution in [3.05, 3.63) is 42.6 Å². The number of aromatic nitrogens is 1. The van der Waals surface area contributed by atoms with Crippen LogP contribution in [0.25, 0.3) is 10.9 Å². The van der Waals surface area contributed by atoms with Gasteiger partial charge in [-0.2, -0.15) is 0 Å². The van der Waals surface area contributed by atoms with Gasteiger partial charge in [0.05, 0.1) is 5.52 Å². The van der Waals surface area contributed by atoms with Crippen molar-refractivity contribution < 1.29 is 9.90 Å². The van der Waals surface area contributed by atoms with Crippen molar-refractivity contribution in [1.82, 2.24) is 4.98 Å². The van der Waals surface area contributed by atoms with Crippen molar-refractivity contribution in [3.63, 3.8) is 0 Å². The highest BCUT2D eigenvalue weighted by Gasteiger charge is 2.27. The Bertz CT molecular complexity index is 446. The van der Waals surface area contributed by atoms with Crippen LogP contribution in [0.15, 0.2) is 42.6 Å². The molecule has 0 unspecified atom stereocenters. The van der Waals surface area contributed by atoms with Gasteiger partial charge in [-0.1, -0.05) is 24.3 Å². The molecule has 0 spiro atoms. The zero-order chi connectivity index (χ0) is 12.9. The maximum absolute atomic E-state index is 9.88. The maximum atomic E-state index is 9.88. The highest BCUT2D eigenvalue weighted by Crippen LogP contribution is 2.33. The average molecular weight is 426 g/mol. The predicted molar refractivity (Wildman–Crippen MR) is 78.9 cm³/mol. The average Bonchev–Trinajstić information content (AvgIpc) is 2.29. The Morgan fingerprint density at radius 2 is 1.65 bits per heavy atom. The number of fused-ring (bicyclic) bond motifs is 1. The SMILES string of the molecule is O=C(O)C(Br)(Br)Br.c1ccc2ncccc2c1. The number of pyridine rings is 1. The standard InChI is InChI=1S/C9H7N.C2HBr3O2/c1-2-6-9-8(4-1)5-3-7-10-9;3-2(4,5)1(6)7/h1-7H;(H,6,7). The van der Waals surface area contributed by atoms with Gasteiger partial charge in [-0.25, -0.2) is 4.79 Å². The number of benzene rings is 1. The highest BCUT2D eigenvalue weighted by molar-refractivity contribution is 9.40. The highest BCUT2D eigenvalue weighted by atomic mass is 80.0. The summed E-state index contributed by atoms with van der Waals surface area (Å²) >= 11 is 8.33. The summed E-state index contributed by atoms with van der Waals surface area (Å²) in [6, 6.07) is 12.1. The van der Waals surface area contributed by atoms with Crippen molar-refractivity contribution in [2.75, 3.05) is 0 Å². The van der Waals surface area contributed by atoms with Crippen LogP contribution in [0.2, 0.25) is 0 Å². The van der Waals surface area contributed by atoms with Gasteiger partial charge in [0.15, 0.2) is 0 Å². The molecule has 0 atom stereocenters. The molecule has 0 aliphatic carbocycles. The largest absolute Gasteiger partial charge is 0.479 e. The van der Waals surface area contributed by atoms with Gasteiger partial charge in [0, 0.05) is 11.6 Å². The minimum absolute atomic E-state index is 1.01. The number of hydrogen-bond donors (Lipinski definition) is 1. The monoisotopic (exact) mass is 423 g/mol. The molecule has 0 saturated heterocycles. The molecule has 0 saturated carbocycles. The van der Waals surface area contributed by atoms with Crippen molar-refractivity contribution in [2.45, 2.75) is 2.14 Å². The normalized spacial score (nSPS) is 10.5. The molecule has 1 N–H and O–H groups in total. The molecule has 3 nitrogen and oxygen atoms in total. The first-order chi connectivity index (χ1) is 7.91. The topological polar surface area (TPSA) is 50.2 Å². The first-order valence-corrected chi connectivity index (χ1v) is 6.89. The van der Waals surface area contributed by atoms with Gasteiger partial charge in [-0.3, -0.25) is 4.98 Å². The summed E-state index contributed by atoms with van der Waals surface area (Å²) in [7, 11) is 0. The van der Waals surface area contributed by atoms with E-state index in [0.29, 0.717) is 0 Å². The van der Waals surface area contributed by atoms with Crippen molar-refractivity contribution in [1.29, 1.82) is 0 Å². The number of nitrogens with zero attached hydrogens (tertiary/aromatic N) is 1. The number of carboxylic acid groups (broad SMARTS) is 1. The van der Waals surface area contributed by atoms with Gasteiger partial charge in [0.2, 0.25) is 2.14 Å². The van der Waals surface area contributed by atoms with E-state index < -0.39 is 8.11 Å². The van der Waals surface area contributed by atoms with Gasteiger partial charge in [0.25, 0.3) is 0 Å². The summed E-state index contributed by atoms with van der Waals surface area (Å²) in [6.45, 7) is 0. The van der Waals surface area contributed by atoms with Gasteiger partial charge in [-0.05, 0) is 59.9 Å². The number of hydrogen-bond acceptors (Lipinski definition) is 2. The first-order valence-electron chi connectivity index (χ1n) is 4.51. The summed E-state index contributed by atoms with van der Waals surface area (Å²) < 4.78 is -1.15. The lowest BCUT2D eigenvalue weighted by molar-refractivity contribution is -0.134. The van der Waals surface area contributed by atoms with E-state index in [2.05, 4.69) is 64.9 Å². The lowest BCUT2D eigenvalue weighted by Crippen LogP contribution is -2.14. The molecule has 2 aromatic rings. The molecule has 90 valence electrons. The molecular formula is C11H8Br3NO2. The van der Waals surface area contributed by atoms with Gasteiger partial charge >= 0.3 is 5.97 Å². The number of aliphatic carboxylic acids is 1. The second-order valence-corrected chi connectivity index (χ2v) is 9.76. The van der Waals surface area contributed by atoms with Crippen LogP contribution in [0.5, 0.6) is 0 Å². The number of rotatable bonds is 0. The number of alkyl halides is 3. The third-order valence-corrected chi connectivity index (χ3v) is 2.77. The molecule has 1 aromatic heterocycles. The smallest absolute Gasteiger partial charge is 0.342 e. The number of halogens is 3. The van der Waals surface area contributed by atoms with E-state index in [1.807, 2.05) is 30.5 Å². The summed E-state index contributed by atoms with van der Waals surface area (Å²) in [5.74, 6) is -1.01. The van der Waals surface area contributed by atoms with Crippen LogP contribution in [0.1, 0.15) is 0 Å². The van der Waals surface area contributed by atoms with Crippen LogP contribution in [0, 0.1) is 0 Å². The number of carbonyl (C=O) groups is 1. The molecule has 1 heterocycles. The van der Waals surface area contributed by atoms with Gasteiger partial charge in [0.1, 0.15) is 0 Å². The van der Waals surface area contributed by atoms with E-state index >= 15 is 0 Å². The van der Waals surface area contributed by atoms with Gasteiger partial charge < -0.3 is 5.11 Å². The molecule has 0 amide bonds. The molecule has 2 rings (SSSR count). The Kier molecular flexibility index (Phi) is 5.55. The Morgan fingerprint density at radius 1 is 1.12 bits per heavy atom. The molecule has 6 heteroatoms. The van der Waals surface area contributed by atoms with E-state index in [1.54, 1.807) is 0 Å². The molecular weight excluding hydrogens is 418 g/mol. The summed E-state index contributed by atoms with van der Waals surface area (Å²) in [4.78, 5) is 14.1. The van der Waals surface area contributed by atoms with Crippen LogP contribution in [0.4, 0.5) is 0 Å². The third kappa shape index (κ3) is 5.14. The lowest BCUT2D eigenvalue weighted by Gasteiger charge is -2.01. The fourth-order valence-corrected chi connectivity index (χ4v) is 1.02. The first kappa shape index (κ1) is 14.6. The van der Waals surface area contributed by atoms with Crippen molar-refractivity contribution >= 4 is 64.7 Å². The number of carboxylic acids is 1. The Balaban J connectivity index is 0.000000185. The minimum Gasteiger partial charge on any atom is -0.479 e. The second-order valence-electron chi connectivity index (χ2n) is 3.00. The quantitative estimate of drug-likeness (QED) is 0.645. The van der Waals surface area contributed by atoms with Crippen molar-refractivity contribution in [3.8, 4) is 0 Å². The Hall–Kier alpha value is -0.460. The predicted octanol–water partition coefficient (Wildman–Crippen LogP) is 4.14. The molecule has 0 aliphatic rings. The fourth-order valence-electron chi connectivity index (χ4n) is 1.02. The molecule has 17 heavy (non-hydrogen) atoms. The molecule has 0 bridgehead atoms. The molecule has 1 aromatic carbocycles. The van der Waals surface area contributed by atoms with Crippen LogP contribution in [-0.2, 0) is 4.79 Å². The fraction of sp³-hybridized carbons (Fsp3) is 0.0909. The zero-order valence-electron chi connectivity index (χ0n) is 8.48. The molecule has 0 fully saturated rings. The van der Waals surface area contributed by atoms with E-state index in [-0.39, 0.29) is 0 Å². The molecule has 0 radical (unpaired) electrons. The molecule has 0 aliphatic heterocycles. The zero-order valence-corrected chi connectivity index (χ0v) is 13.2. The lowest BCUT2D eigenvalue weighted by atomic mass is 10.2. The van der Waals surface area contributed by atoms with E-state index in [1.165, 1.54) is 5.39 Å². The maximum Gasteiger partial charge on any atom is 0.342 e. The van der Waals surface area contributed by atoms with E-state index in [4.69, 9.17) is 5.11 Å². The van der Waals surface area contributed by atoms with E-state index in [9.17, 15) is 4.79 Å². The Labute approximate surface area is 124 Å². The number of para-hydroxylation sites is 1. The van der Waals surface area contributed by atoms with Crippen LogP contribution in [-0.4, -0.2) is 18.2 Å². The van der Waals surface area contributed by atoms with Crippen LogP contribution >= 0.6 is 47.8 Å². The summed E-state index contributed by atoms with van der Waals surface area (Å²) in [5.41, 5.74) is 1.06. The summed E-state index contributed by atoms with van der Waals surface area (Å²) in [6.07, 6.45) is 1.81. The van der Waals surface area contributed by atoms with Crippen LogP contribution in [0.3, 0.4) is 0 Å². The minimum atomic E-state index is -1.15. The van der Waals surface area contributed by atoms with Crippen LogP contribution < -0.4 is 0 Å². The van der Waals surface area contributed by atoms with Crippen molar-refractivity contribution in [2.24, 2.45) is 0 Å². The Morgan fingerprint density at radius 3 is 2.18 bits per heavy atom. The third-order valence-electron chi connectivity index (χ3n) is 1.75. The summed E-state index contributed by atoms with van der Waals surface area (Å²) in [5, 5.41) is 9.31. The van der Waals surface area contributed by atoms with Gasteiger partial charge in [-0.15, -0.1) is 0 Å². The second kappa shape index (κ2) is 6.47. The van der Waals surface area contributed by atoms with E-state index in [0.717, 1.165) is 5.52 Å².